The topological polar surface area (TPSA) is 35.2 Å². The molecular formula is C17H16ClNOS. The average Bonchev–Trinajstić information content (AvgIpc) is 3.03. The number of ether oxygens (including phenoxy) is 1. The molecule has 0 aliphatic heterocycles. The van der Waals surface area contributed by atoms with Gasteiger partial charge in [0.1, 0.15) is 11.5 Å². The van der Waals surface area contributed by atoms with E-state index >= 15 is 0 Å². The van der Waals surface area contributed by atoms with Crippen molar-refractivity contribution in [3.8, 4) is 11.5 Å². The third kappa shape index (κ3) is 3.85. The van der Waals surface area contributed by atoms with Gasteiger partial charge in [0.05, 0.1) is 6.04 Å². The van der Waals surface area contributed by atoms with Gasteiger partial charge in [-0.3, -0.25) is 0 Å². The molecule has 2 aromatic carbocycles. The third-order valence-electron chi connectivity index (χ3n) is 3.07. The van der Waals surface area contributed by atoms with Gasteiger partial charge in [-0.05, 0) is 41.3 Å². The second-order valence-corrected chi connectivity index (χ2v) is 5.46. The Kier molecular flexibility index (Phi) is 5.39. The number of hydrogen-bond acceptors (Lipinski definition) is 3. The molecule has 1 aromatic heterocycles. The summed E-state index contributed by atoms with van der Waals surface area (Å²) in [4.78, 5) is 1.17. The first-order chi connectivity index (χ1) is 9.83. The zero-order valence-corrected chi connectivity index (χ0v) is 12.9. The molecule has 4 heteroatoms. The first-order valence-electron chi connectivity index (χ1n) is 6.45. The van der Waals surface area contributed by atoms with Crippen LogP contribution in [0.3, 0.4) is 0 Å². The number of rotatable bonds is 4. The number of benzene rings is 2. The monoisotopic (exact) mass is 317 g/mol. The molecule has 0 saturated carbocycles. The van der Waals surface area contributed by atoms with E-state index in [4.69, 9.17) is 10.5 Å². The Hall–Kier alpha value is -1.81. The van der Waals surface area contributed by atoms with Crippen LogP contribution in [0.4, 0.5) is 0 Å². The molecule has 1 atom stereocenters. The molecule has 21 heavy (non-hydrogen) atoms. The van der Waals surface area contributed by atoms with Gasteiger partial charge in [-0.15, -0.1) is 23.7 Å². The lowest BCUT2D eigenvalue weighted by atomic mass is 10.1. The molecule has 2 N–H and O–H groups in total. The second kappa shape index (κ2) is 7.27. The summed E-state index contributed by atoms with van der Waals surface area (Å²) >= 11 is 1.68. The van der Waals surface area contributed by atoms with Crippen LogP contribution in [0, 0.1) is 0 Å². The zero-order valence-electron chi connectivity index (χ0n) is 11.3. The van der Waals surface area contributed by atoms with E-state index in [-0.39, 0.29) is 18.4 Å². The van der Waals surface area contributed by atoms with Gasteiger partial charge in [-0.1, -0.05) is 36.4 Å². The van der Waals surface area contributed by atoms with Crippen LogP contribution in [0.5, 0.6) is 11.5 Å². The van der Waals surface area contributed by atoms with Crippen LogP contribution in [0.2, 0.25) is 0 Å². The fourth-order valence-electron chi connectivity index (χ4n) is 2.00. The van der Waals surface area contributed by atoms with Gasteiger partial charge in [0.2, 0.25) is 0 Å². The van der Waals surface area contributed by atoms with Crippen molar-refractivity contribution in [3.05, 3.63) is 82.6 Å². The van der Waals surface area contributed by atoms with E-state index in [2.05, 4.69) is 6.07 Å². The van der Waals surface area contributed by atoms with E-state index in [0.717, 1.165) is 17.1 Å². The maximum Gasteiger partial charge on any atom is 0.127 e. The number of nitrogens with two attached hydrogens (primary N) is 1. The highest BCUT2D eigenvalue weighted by atomic mass is 35.5. The summed E-state index contributed by atoms with van der Waals surface area (Å²) < 4.78 is 5.77. The Morgan fingerprint density at radius 3 is 2.10 bits per heavy atom. The third-order valence-corrected chi connectivity index (χ3v) is 4.02. The quantitative estimate of drug-likeness (QED) is 0.734. The van der Waals surface area contributed by atoms with Crippen LogP contribution in [-0.2, 0) is 0 Å². The summed E-state index contributed by atoms with van der Waals surface area (Å²) in [5, 5.41) is 2.04. The van der Waals surface area contributed by atoms with Gasteiger partial charge >= 0.3 is 0 Å². The molecule has 0 radical (unpaired) electrons. The van der Waals surface area contributed by atoms with Crippen molar-refractivity contribution in [1.29, 1.82) is 0 Å². The van der Waals surface area contributed by atoms with Crippen molar-refractivity contribution < 1.29 is 4.74 Å². The van der Waals surface area contributed by atoms with Crippen molar-refractivity contribution in [1.82, 2.24) is 0 Å². The van der Waals surface area contributed by atoms with Crippen molar-refractivity contribution in [2.24, 2.45) is 5.73 Å². The summed E-state index contributed by atoms with van der Waals surface area (Å²) in [5.41, 5.74) is 7.32. The van der Waals surface area contributed by atoms with Crippen LogP contribution >= 0.6 is 23.7 Å². The molecular weight excluding hydrogens is 302 g/mol. The molecule has 0 aliphatic rings. The Bertz CT molecular complexity index is 653. The maximum absolute atomic E-state index is 6.23. The maximum atomic E-state index is 6.23. The van der Waals surface area contributed by atoms with Gasteiger partial charge in [0.25, 0.3) is 0 Å². The van der Waals surface area contributed by atoms with Gasteiger partial charge in [0.15, 0.2) is 0 Å². The van der Waals surface area contributed by atoms with Gasteiger partial charge in [0, 0.05) is 4.88 Å². The van der Waals surface area contributed by atoms with Crippen molar-refractivity contribution >= 4 is 23.7 Å². The van der Waals surface area contributed by atoms with E-state index in [1.165, 1.54) is 4.88 Å². The molecule has 2 nitrogen and oxygen atoms in total. The lowest BCUT2D eigenvalue weighted by molar-refractivity contribution is 0.482. The van der Waals surface area contributed by atoms with E-state index in [1.54, 1.807) is 11.3 Å². The molecule has 0 saturated heterocycles. The van der Waals surface area contributed by atoms with Crippen LogP contribution < -0.4 is 10.5 Å². The largest absolute Gasteiger partial charge is 0.457 e. The van der Waals surface area contributed by atoms with E-state index in [0.29, 0.717) is 0 Å². The summed E-state index contributed by atoms with van der Waals surface area (Å²) in [6.07, 6.45) is 0. The number of para-hydroxylation sites is 1. The fraction of sp³-hybridized carbons (Fsp3) is 0.0588. The smallest absolute Gasteiger partial charge is 0.127 e. The normalized spacial score (nSPS) is 11.5. The number of hydrogen-bond donors (Lipinski definition) is 1. The Labute approximate surface area is 134 Å². The standard InChI is InChI=1S/C17H15NOS.ClH/c18-17(16-7-4-12-20-16)13-8-10-15(11-9-13)19-14-5-2-1-3-6-14;/h1-12,17H,18H2;1H/t17-;/m1./s1. The van der Waals surface area contributed by atoms with E-state index < -0.39 is 0 Å². The molecule has 0 aliphatic carbocycles. The van der Waals surface area contributed by atoms with Crippen LogP contribution in [0.1, 0.15) is 16.5 Å². The zero-order chi connectivity index (χ0) is 13.8. The number of halogens is 1. The molecule has 0 fully saturated rings. The first-order valence-corrected chi connectivity index (χ1v) is 7.33. The molecule has 1 heterocycles. The van der Waals surface area contributed by atoms with Gasteiger partial charge in [-0.25, -0.2) is 0 Å². The summed E-state index contributed by atoms with van der Waals surface area (Å²) in [6.45, 7) is 0. The summed E-state index contributed by atoms with van der Waals surface area (Å²) in [5.74, 6) is 1.65. The van der Waals surface area contributed by atoms with E-state index in [1.807, 2.05) is 66.0 Å². The highest BCUT2D eigenvalue weighted by Crippen LogP contribution is 2.27. The van der Waals surface area contributed by atoms with Gasteiger partial charge in [-0.2, -0.15) is 0 Å². The minimum atomic E-state index is -0.0687. The highest BCUT2D eigenvalue weighted by Gasteiger charge is 2.09. The molecule has 0 spiro atoms. The lowest BCUT2D eigenvalue weighted by Gasteiger charge is -2.11. The molecule has 108 valence electrons. The van der Waals surface area contributed by atoms with Crippen LogP contribution in [0.25, 0.3) is 0 Å². The van der Waals surface area contributed by atoms with Crippen LogP contribution in [0.15, 0.2) is 72.1 Å². The van der Waals surface area contributed by atoms with Crippen molar-refractivity contribution in [2.75, 3.05) is 0 Å². The van der Waals surface area contributed by atoms with Crippen molar-refractivity contribution in [2.45, 2.75) is 6.04 Å². The molecule has 0 amide bonds. The molecule has 3 aromatic rings. The highest BCUT2D eigenvalue weighted by molar-refractivity contribution is 7.10. The Morgan fingerprint density at radius 1 is 0.810 bits per heavy atom. The molecule has 0 unspecified atom stereocenters. The SMILES string of the molecule is Cl.N[C@H](c1ccc(Oc2ccccc2)cc1)c1cccs1. The minimum Gasteiger partial charge on any atom is -0.457 e. The van der Waals surface area contributed by atoms with E-state index in [9.17, 15) is 0 Å². The summed E-state index contributed by atoms with van der Waals surface area (Å²) in [6, 6.07) is 21.7. The molecule has 3 rings (SSSR count). The first kappa shape index (κ1) is 15.6. The minimum absolute atomic E-state index is 0. The predicted octanol–water partition coefficient (Wildman–Crippen LogP) is 5.01. The second-order valence-electron chi connectivity index (χ2n) is 4.48. The average molecular weight is 318 g/mol. The summed E-state index contributed by atoms with van der Waals surface area (Å²) in [7, 11) is 0. The number of thiophene rings is 1. The molecule has 0 bridgehead atoms. The lowest BCUT2D eigenvalue weighted by Crippen LogP contribution is -2.09. The van der Waals surface area contributed by atoms with Crippen molar-refractivity contribution in [3.63, 3.8) is 0 Å². The van der Waals surface area contributed by atoms with Gasteiger partial charge < -0.3 is 10.5 Å². The predicted molar refractivity (Wildman–Crippen MR) is 90.6 cm³/mol. The fourth-order valence-corrected chi connectivity index (χ4v) is 2.75. The van der Waals surface area contributed by atoms with Crippen LogP contribution in [-0.4, -0.2) is 0 Å². The Morgan fingerprint density at radius 2 is 1.48 bits per heavy atom. The Balaban J connectivity index is 0.00000161.